The summed E-state index contributed by atoms with van der Waals surface area (Å²) in [6, 6.07) is 7.50. The van der Waals surface area contributed by atoms with Gasteiger partial charge in [0.2, 0.25) is 11.1 Å². The van der Waals surface area contributed by atoms with E-state index >= 15 is 0 Å². The van der Waals surface area contributed by atoms with Crippen molar-refractivity contribution in [3.05, 3.63) is 35.7 Å². The normalized spacial score (nSPS) is 18.7. The fourth-order valence-corrected chi connectivity index (χ4v) is 3.90. The third-order valence-electron chi connectivity index (χ3n) is 4.16. The van der Waals surface area contributed by atoms with E-state index in [1.807, 2.05) is 35.9 Å². The van der Waals surface area contributed by atoms with Crippen LogP contribution < -0.4 is 15.5 Å². The van der Waals surface area contributed by atoms with Gasteiger partial charge in [0.05, 0.1) is 13.2 Å². The Morgan fingerprint density at radius 1 is 1.31 bits per heavy atom. The average molecular weight is 377 g/mol. The number of methoxy groups -OCH3 is 2. The molecule has 2 atom stereocenters. The number of carbonyl (C=O) groups is 1. The maximum absolute atomic E-state index is 12.8. The van der Waals surface area contributed by atoms with Crippen molar-refractivity contribution >= 4 is 17.7 Å². The molecule has 0 spiro atoms. The van der Waals surface area contributed by atoms with E-state index in [1.165, 1.54) is 11.8 Å². The zero-order chi connectivity index (χ0) is 18.5. The summed E-state index contributed by atoms with van der Waals surface area (Å²) in [5, 5.41) is 11.6. The molecule has 1 aromatic heterocycles. The van der Waals surface area contributed by atoms with Crippen LogP contribution in [0.2, 0.25) is 0 Å². The van der Waals surface area contributed by atoms with E-state index in [2.05, 4.69) is 20.9 Å². The maximum Gasteiger partial charge on any atom is 0.236 e. The van der Waals surface area contributed by atoms with E-state index in [-0.39, 0.29) is 17.2 Å². The van der Waals surface area contributed by atoms with Gasteiger partial charge in [-0.25, -0.2) is 4.68 Å². The molecule has 2 N–H and O–H groups in total. The molecule has 1 amide bonds. The second kappa shape index (κ2) is 8.41. The van der Waals surface area contributed by atoms with Crippen molar-refractivity contribution in [1.29, 1.82) is 0 Å². The molecular formula is C17H23N5O3S. The molecule has 140 valence electrons. The molecule has 26 heavy (non-hydrogen) atoms. The summed E-state index contributed by atoms with van der Waals surface area (Å²) in [5.74, 6) is 1.50. The van der Waals surface area contributed by atoms with E-state index in [0.29, 0.717) is 18.3 Å². The van der Waals surface area contributed by atoms with Crippen molar-refractivity contribution in [2.24, 2.45) is 0 Å². The Bertz CT molecular complexity index is 749. The van der Waals surface area contributed by atoms with Gasteiger partial charge in [-0.1, -0.05) is 23.9 Å². The van der Waals surface area contributed by atoms with Gasteiger partial charge in [-0.2, -0.15) is 0 Å². The first kappa shape index (κ1) is 18.5. The summed E-state index contributed by atoms with van der Waals surface area (Å²) < 4.78 is 12.1. The lowest BCUT2D eigenvalue weighted by atomic mass is 10.0. The smallest absolute Gasteiger partial charge is 0.236 e. The number of amides is 1. The highest BCUT2D eigenvalue weighted by Crippen LogP contribution is 2.37. The van der Waals surface area contributed by atoms with Crippen LogP contribution in [0.5, 0.6) is 5.75 Å². The molecule has 1 aromatic carbocycles. The molecule has 0 unspecified atom stereocenters. The highest BCUT2D eigenvalue weighted by atomic mass is 32.2. The molecule has 3 rings (SSSR count). The number of fused-ring (bicyclic) bond motifs is 1. The summed E-state index contributed by atoms with van der Waals surface area (Å²) >= 11 is 1.41. The van der Waals surface area contributed by atoms with Crippen LogP contribution in [0.25, 0.3) is 0 Å². The summed E-state index contributed by atoms with van der Waals surface area (Å²) in [4.78, 5) is 12.8. The van der Waals surface area contributed by atoms with E-state index in [9.17, 15) is 4.79 Å². The fraction of sp³-hybridized carbons (Fsp3) is 0.471. The number of aromatic nitrogens is 3. The molecule has 2 aromatic rings. The number of hydrogen-bond donors (Lipinski definition) is 2. The standard InChI is InChI=1S/C17H23N5O3S/c1-11-19-20-17-22(11)21-14(12-5-7-13(25-3)8-6-12)15(26-17)16(23)18-9-4-10-24-2/h5-8,14-15,21H,4,9-10H2,1-3H3,(H,18,23)/t14-,15-/m1/s1. The molecule has 1 aliphatic rings. The van der Waals surface area contributed by atoms with E-state index < -0.39 is 0 Å². The van der Waals surface area contributed by atoms with Crippen molar-refractivity contribution in [3.8, 4) is 5.75 Å². The Kier molecular flexibility index (Phi) is 6.00. The zero-order valence-electron chi connectivity index (χ0n) is 15.1. The number of benzene rings is 1. The van der Waals surface area contributed by atoms with Crippen LogP contribution >= 0.6 is 11.8 Å². The SMILES string of the molecule is COCCCNC(=O)[C@@H]1Sc2nnc(C)n2N[C@@H]1c1ccc(OC)cc1. The van der Waals surface area contributed by atoms with Crippen LogP contribution in [0.1, 0.15) is 23.9 Å². The van der Waals surface area contributed by atoms with Gasteiger partial charge in [-0.3, -0.25) is 4.79 Å². The largest absolute Gasteiger partial charge is 0.497 e. The van der Waals surface area contributed by atoms with Crippen LogP contribution in [0.15, 0.2) is 29.4 Å². The van der Waals surface area contributed by atoms with Gasteiger partial charge < -0.3 is 20.2 Å². The molecular weight excluding hydrogens is 354 g/mol. The maximum atomic E-state index is 12.8. The quantitative estimate of drug-likeness (QED) is 0.707. The minimum Gasteiger partial charge on any atom is -0.497 e. The van der Waals surface area contributed by atoms with E-state index in [0.717, 1.165) is 23.6 Å². The molecule has 0 aliphatic carbocycles. The molecule has 0 saturated heterocycles. The van der Waals surface area contributed by atoms with Crippen LogP contribution in [-0.2, 0) is 9.53 Å². The van der Waals surface area contributed by atoms with Crippen LogP contribution in [0, 0.1) is 6.92 Å². The number of thioether (sulfide) groups is 1. The Morgan fingerprint density at radius 3 is 2.77 bits per heavy atom. The first-order chi connectivity index (χ1) is 12.6. The molecule has 0 saturated carbocycles. The topological polar surface area (TPSA) is 90.3 Å². The first-order valence-electron chi connectivity index (χ1n) is 8.40. The highest BCUT2D eigenvalue weighted by molar-refractivity contribution is 8.00. The molecule has 1 aliphatic heterocycles. The Labute approximate surface area is 156 Å². The Hall–Kier alpha value is -2.26. The van der Waals surface area contributed by atoms with E-state index in [1.54, 1.807) is 14.2 Å². The Morgan fingerprint density at radius 2 is 2.08 bits per heavy atom. The monoisotopic (exact) mass is 377 g/mol. The molecule has 0 radical (unpaired) electrons. The number of nitrogens with zero attached hydrogens (tertiary/aromatic N) is 3. The van der Waals surface area contributed by atoms with Gasteiger partial charge in [-0.15, -0.1) is 10.2 Å². The second-order valence-corrected chi connectivity index (χ2v) is 7.03. The molecule has 0 fully saturated rings. The fourth-order valence-electron chi connectivity index (χ4n) is 2.75. The highest BCUT2D eigenvalue weighted by Gasteiger charge is 2.37. The average Bonchev–Trinajstić information content (AvgIpc) is 3.04. The van der Waals surface area contributed by atoms with Gasteiger partial charge in [0.25, 0.3) is 0 Å². The minimum atomic E-state index is -0.359. The molecule has 2 heterocycles. The summed E-state index contributed by atoms with van der Waals surface area (Å²) in [7, 11) is 3.28. The molecule has 0 bridgehead atoms. The second-order valence-electron chi connectivity index (χ2n) is 5.92. The van der Waals surface area contributed by atoms with Crippen molar-refractivity contribution in [1.82, 2.24) is 20.2 Å². The number of nitrogens with one attached hydrogen (secondary N) is 2. The minimum absolute atomic E-state index is 0.0358. The lowest BCUT2D eigenvalue weighted by Gasteiger charge is -2.32. The number of carbonyl (C=O) groups excluding carboxylic acids is 1. The zero-order valence-corrected chi connectivity index (χ0v) is 15.9. The van der Waals surface area contributed by atoms with Crippen LogP contribution in [0.4, 0.5) is 0 Å². The lowest BCUT2D eigenvalue weighted by molar-refractivity contribution is -0.121. The predicted molar refractivity (Wildman–Crippen MR) is 99.0 cm³/mol. The van der Waals surface area contributed by atoms with Crippen molar-refractivity contribution in [2.45, 2.75) is 29.8 Å². The van der Waals surface area contributed by atoms with Gasteiger partial charge >= 0.3 is 0 Å². The van der Waals surface area contributed by atoms with Crippen molar-refractivity contribution < 1.29 is 14.3 Å². The van der Waals surface area contributed by atoms with E-state index in [4.69, 9.17) is 9.47 Å². The van der Waals surface area contributed by atoms with Crippen LogP contribution in [0.3, 0.4) is 0 Å². The third-order valence-corrected chi connectivity index (χ3v) is 5.37. The van der Waals surface area contributed by atoms with Crippen molar-refractivity contribution in [2.75, 3.05) is 32.8 Å². The Balaban J connectivity index is 1.81. The first-order valence-corrected chi connectivity index (χ1v) is 9.28. The van der Waals surface area contributed by atoms with Crippen LogP contribution in [-0.4, -0.2) is 53.4 Å². The number of rotatable bonds is 7. The number of aryl methyl sites for hydroxylation is 1. The third kappa shape index (κ3) is 3.94. The lowest BCUT2D eigenvalue weighted by Crippen LogP contribution is -2.44. The summed E-state index contributed by atoms with van der Waals surface area (Å²) in [6.45, 7) is 3.07. The molecule has 9 heteroatoms. The number of hydrogen-bond acceptors (Lipinski definition) is 7. The van der Waals surface area contributed by atoms with Gasteiger partial charge in [-0.05, 0) is 31.0 Å². The number of ether oxygens (including phenoxy) is 2. The molecule has 8 nitrogen and oxygen atoms in total. The van der Waals surface area contributed by atoms with Gasteiger partial charge in [0, 0.05) is 20.3 Å². The summed E-state index contributed by atoms with van der Waals surface area (Å²) in [6.07, 6.45) is 0.773. The van der Waals surface area contributed by atoms with Crippen molar-refractivity contribution in [3.63, 3.8) is 0 Å². The predicted octanol–water partition coefficient (Wildman–Crippen LogP) is 1.51. The van der Waals surface area contributed by atoms with Gasteiger partial charge in [0.1, 0.15) is 16.8 Å². The summed E-state index contributed by atoms with van der Waals surface area (Å²) in [5.41, 5.74) is 4.37. The van der Waals surface area contributed by atoms with Gasteiger partial charge in [0.15, 0.2) is 0 Å².